The van der Waals surface area contributed by atoms with E-state index in [2.05, 4.69) is 4.90 Å². The Kier molecular flexibility index (Phi) is 12.5. The molecule has 3 heterocycles. The topological polar surface area (TPSA) is 140 Å². The van der Waals surface area contributed by atoms with Crippen LogP contribution in [0.25, 0.3) is 32.7 Å². The fourth-order valence-corrected chi connectivity index (χ4v) is 5.99. The number of aromatic hydroxyl groups is 1. The molecule has 1 aliphatic carbocycles. The van der Waals surface area contributed by atoms with E-state index in [-0.39, 0.29) is 43.1 Å². The van der Waals surface area contributed by atoms with E-state index in [4.69, 9.17) is 23.9 Å². The van der Waals surface area contributed by atoms with Crippen LogP contribution in [-0.2, 0) is 32.0 Å². The van der Waals surface area contributed by atoms with Gasteiger partial charge >= 0.3 is 0 Å². The average molecular weight is 669 g/mol. The monoisotopic (exact) mass is 668 g/mol. The fraction of sp³-hybridized carbons (Fsp3) is 0.588. The number of hydrogen-bond acceptors (Lipinski definition) is 12. The highest BCUT2D eigenvalue weighted by Crippen LogP contribution is 2.36. The Morgan fingerprint density at radius 1 is 0.750 bits per heavy atom. The Morgan fingerprint density at radius 2 is 1.35 bits per heavy atom. The quantitative estimate of drug-likeness (QED) is 0.111. The van der Waals surface area contributed by atoms with Crippen molar-refractivity contribution in [1.82, 2.24) is 23.8 Å². The molecule has 14 heteroatoms. The van der Waals surface area contributed by atoms with Crippen LogP contribution < -0.4 is 22.0 Å². The lowest BCUT2D eigenvalue weighted by Crippen LogP contribution is -2.39. The highest BCUT2D eigenvalue weighted by Gasteiger charge is 2.26. The molecule has 1 saturated heterocycles. The summed E-state index contributed by atoms with van der Waals surface area (Å²) in [7, 11) is 7.52. The van der Waals surface area contributed by atoms with Crippen molar-refractivity contribution in [2.75, 3.05) is 120 Å². The second-order valence-corrected chi connectivity index (χ2v) is 12.6. The van der Waals surface area contributed by atoms with Gasteiger partial charge in [0.05, 0.1) is 75.7 Å². The first-order valence-electron chi connectivity index (χ1n) is 16.6. The van der Waals surface area contributed by atoms with E-state index in [9.17, 15) is 19.5 Å². The number of rotatable bonds is 18. The smallest absolute Gasteiger partial charge is 0.263 e. The predicted octanol–water partition coefficient (Wildman–Crippen LogP) is -0.231. The summed E-state index contributed by atoms with van der Waals surface area (Å²) in [5, 5.41) is 13.0. The van der Waals surface area contributed by atoms with Crippen molar-refractivity contribution in [3.63, 3.8) is 0 Å². The summed E-state index contributed by atoms with van der Waals surface area (Å²) < 4.78 is 24.9. The van der Waals surface area contributed by atoms with Crippen molar-refractivity contribution in [3.05, 3.63) is 54.6 Å². The molecule has 0 amide bonds. The first-order valence-corrected chi connectivity index (χ1v) is 16.6. The molecule has 0 spiro atoms. The number of aromatic nitrogens is 2. The van der Waals surface area contributed by atoms with Gasteiger partial charge in [-0.25, -0.2) is 0 Å². The third-order valence-corrected chi connectivity index (χ3v) is 8.63. The van der Waals surface area contributed by atoms with Gasteiger partial charge in [-0.2, -0.15) is 0 Å². The van der Waals surface area contributed by atoms with Gasteiger partial charge in [-0.1, -0.05) is 0 Å². The first kappa shape index (κ1) is 35.8. The van der Waals surface area contributed by atoms with Gasteiger partial charge in [0.1, 0.15) is 0 Å². The Hall–Kier alpha value is -3.50. The molecule has 0 bridgehead atoms. The SMILES string of the molecule is CN(C)CCn1c(O)c2ccc3c4c2c(c(=NCCOCCOCCOCCN2CCOCC2)cc-4c(=O)n(CCN(C)C)c3=O)c1=O. The van der Waals surface area contributed by atoms with Crippen LogP contribution in [0.1, 0.15) is 0 Å². The van der Waals surface area contributed by atoms with Gasteiger partial charge in [0.15, 0.2) is 0 Å². The van der Waals surface area contributed by atoms with E-state index in [1.54, 1.807) is 18.2 Å². The van der Waals surface area contributed by atoms with E-state index in [1.807, 2.05) is 38.0 Å². The normalized spacial score (nSPS) is 15.0. The minimum Gasteiger partial charge on any atom is -0.494 e. The summed E-state index contributed by atoms with van der Waals surface area (Å²) in [6.07, 6.45) is 0. The number of nitrogens with zero attached hydrogens (tertiary/aromatic N) is 6. The molecule has 0 unspecified atom stereocenters. The minimum absolute atomic E-state index is 0.204. The van der Waals surface area contributed by atoms with Gasteiger partial charge in [-0.3, -0.25) is 33.4 Å². The minimum atomic E-state index is -0.449. The van der Waals surface area contributed by atoms with Crippen LogP contribution >= 0.6 is 0 Å². The highest BCUT2D eigenvalue weighted by atomic mass is 16.5. The molecule has 14 nitrogen and oxygen atoms in total. The third-order valence-electron chi connectivity index (χ3n) is 8.63. The molecule has 0 radical (unpaired) electrons. The molecule has 1 fully saturated rings. The third kappa shape index (κ3) is 8.20. The van der Waals surface area contributed by atoms with E-state index in [0.717, 1.165) is 32.8 Å². The molecule has 2 aliphatic heterocycles. The van der Waals surface area contributed by atoms with Crippen LogP contribution in [0.3, 0.4) is 0 Å². The lowest BCUT2D eigenvalue weighted by Gasteiger charge is -2.26. The maximum Gasteiger partial charge on any atom is 0.263 e. The Bertz CT molecular complexity index is 1850. The molecule has 2 aromatic rings. The summed E-state index contributed by atoms with van der Waals surface area (Å²) in [5.74, 6) is -0.204. The zero-order valence-electron chi connectivity index (χ0n) is 28.5. The number of morpholine rings is 1. The van der Waals surface area contributed by atoms with Crippen LogP contribution in [-0.4, -0.2) is 149 Å². The van der Waals surface area contributed by atoms with Crippen molar-refractivity contribution in [2.24, 2.45) is 4.99 Å². The van der Waals surface area contributed by atoms with E-state index >= 15 is 0 Å². The van der Waals surface area contributed by atoms with Gasteiger partial charge in [0.2, 0.25) is 5.88 Å². The number of hydrogen-bond donors (Lipinski definition) is 1. The second kappa shape index (κ2) is 16.7. The summed E-state index contributed by atoms with van der Waals surface area (Å²) in [5.41, 5.74) is -0.640. The Morgan fingerprint density at radius 3 is 2.02 bits per heavy atom. The maximum atomic E-state index is 14.0. The van der Waals surface area contributed by atoms with Crippen molar-refractivity contribution < 1.29 is 24.1 Å². The van der Waals surface area contributed by atoms with Crippen LogP contribution in [0, 0.1) is 0 Å². The summed E-state index contributed by atoms with van der Waals surface area (Å²) >= 11 is 0. The highest BCUT2D eigenvalue weighted by molar-refractivity contribution is 6.15. The van der Waals surface area contributed by atoms with Gasteiger partial charge in [-0.05, 0) is 46.4 Å². The predicted molar refractivity (Wildman–Crippen MR) is 184 cm³/mol. The standard InChI is InChI=1S/C34H48N6O8/c1-36(2)8-10-39-31(41)24-5-6-25-29-28(24)26(33(39)43)23-27(30(29)34(44)40(32(25)42)11-9-37(3)4)35-7-15-45-19-21-48-22-20-47-18-14-38-12-16-46-17-13-38/h5-6,23,42H,7-22H2,1-4H3. The van der Waals surface area contributed by atoms with E-state index in [1.165, 1.54) is 9.13 Å². The van der Waals surface area contributed by atoms with E-state index in [0.29, 0.717) is 73.2 Å². The molecule has 0 atom stereocenters. The van der Waals surface area contributed by atoms with Gasteiger partial charge in [0, 0.05) is 67.5 Å². The molecular formula is C34H48N6O8. The largest absolute Gasteiger partial charge is 0.494 e. The lowest BCUT2D eigenvalue weighted by molar-refractivity contribution is -0.00168. The molecule has 1 N–H and O–H groups in total. The molecule has 1 aromatic heterocycles. The Balaban J connectivity index is 1.33. The molecule has 262 valence electrons. The molecule has 48 heavy (non-hydrogen) atoms. The van der Waals surface area contributed by atoms with Gasteiger partial charge < -0.3 is 33.9 Å². The summed E-state index contributed by atoms with van der Waals surface area (Å²) in [6.45, 7) is 8.74. The Labute approximate surface area is 279 Å². The maximum absolute atomic E-state index is 14.0. The number of likely N-dealkylation sites (N-methyl/N-ethyl adjacent to an activating group) is 2. The van der Waals surface area contributed by atoms with Crippen molar-refractivity contribution >= 4 is 21.5 Å². The fourth-order valence-electron chi connectivity index (χ4n) is 5.99. The van der Waals surface area contributed by atoms with Crippen LogP contribution in [0.2, 0.25) is 0 Å². The van der Waals surface area contributed by atoms with Gasteiger partial charge in [0.25, 0.3) is 16.7 Å². The molecular weight excluding hydrogens is 620 g/mol. The number of pyridine rings is 2. The summed E-state index contributed by atoms with van der Waals surface area (Å²) in [4.78, 5) is 52.1. The van der Waals surface area contributed by atoms with Crippen LogP contribution in [0.5, 0.6) is 5.88 Å². The van der Waals surface area contributed by atoms with Crippen molar-refractivity contribution in [3.8, 4) is 17.0 Å². The molecule has 5 rings (SSSR count). The second-order valence-electron chi connectivity index (χ2n) is 12.6. The number of benzene rings is 2. The van der Waals surface area contributed by atoms with Crippen molar-refractivity contribution in [1.29, 1.82) is 0 Å². The van der Waals surface area contributed by atoms with Crippen LogP contribution in [0.15, 0.2) is 37.6 Å². The van der Waals surface area contributed by atoms with Crippen molar-refractivity contribution in [2.45, 2.75) is 13.1 Å². The first-order chi connectivity index (χ1) is 23.2. The molecule has 3 aliphatic rings. The zero-order chi connectivity index (χ0) is 34.2. The molecule has 1 aromatic carbocycles. The van der Waals surface area contributed by atoms with E-state index < -0.39 is 16.7 Å². The lowest BCUT2D eigenvalue weighted by atomic mass is 9.90. The summed E-state index contributed by atoms with van der Waals surface area (Å²) in [6, 6.07) is 4.88. The van der Waals surface area contributed by atoms with Gasteiger partial charge in [-0.15, -0.1) is 0 Å². The average Bonchev–Trinajstić information content (AvgIpc) is 3.06. The number of ether oxygens (including phenoxy) is 4. The zero-order valence-corrected chi connectivity index (χ0v) is 28.5. The van der Waals surface area contributed by atoms with Crippen LogP contribution in [0.4, 0.5) is 0 Å². The molecule has 0 saturated carbocycles.